The number of fused-ring (bicyclic) bond motifs is 1. The van der Waals surface area contributed by atoms with E-state index in [4.69, 9.17) is 4.74 Å². The maximum atomic E-state index is 12.0. The van der Waals surface area contributed by atoms with E-state index < -0.39 is 10.0 Å². The van der Waals surface area contributed by atoms with Gasteiger partial charge in [0.2, 0.25) is 0 Å². The van der Waals surface area contributed by atoms with Crippen molar-refractivity contribution in [2.45, 2.75) is 13.0 Å². The average Bonchev–Trinajstić information content (AvgIpc) is 2.37. The molecule has 0 bridgehead atoms. The lowest BCUT2D eigenvalue weighted by Gasteiger charge is -2.27. The second-order valence-corrected chi connectivity index (χ2v) is 6.43. The van der Waals surface area contributed by atoms with Gasteiger partial charge in [0.1, 0.15) is 5.84 Å². The maximum Gasteiger partial charge on any atom is 0.256 e. The Balaban J connectivity index is 2.09. The Morgan fingerprint density at radius 2 is 2.30 bits per heavy atom. The highest BCUT2D eigenvalue weighted by atomic mass is 32.2. The van der Waals surface area contributed by atoms with Gasteiger partial charge in [-0.3, -0.25) is 4.79 Å². The summed E-state index contributed by atoms with van der Waals surface area (Å²) < 4.78 is 31.4. The molecule has 0 aromatic carbocycles. The third kappa shape index (κ3) is 3.45. The molecule has 8 heteroatoms. The van der Waals surface area contributed by atoms with Crippen LogP contribution in [0.1, 0.15) is 6.92 Å². The second-order valence-electron chi connectivity index (χ2n) is 4.68. The number of hydrogen-bond donors (Lipinski definition) is 1. The van der Waals surface area contributed by atoms with Gasteiger partial charge in [-0.05, 0) is 19.1 Å². The molecule has 110 valence electrons. The lowest BCUT2D eigenvalue weighted by atomic mass is 10.1. The molecule has 7 nitrogen and oxygen atoms in total. The van der Waals surface area contributed by atoms with Gasteiger partial charge in [-0.25, -0.2) is 8.42 Å². The predicted octanol–water partition coefficient (Wildman–Crippen LogP) is -0.365. The van der Waals surface area contributed by atoms with Crippen LogP contribution >= 0.6 is 0 Å². The van der Waals surface area contributed by atoms with Gasteiger partial charge in [-0.1, -0.05) is 0 Å². The van der Waals surface area contributed by atoms with E-state index in [9.17, 15) is 13.2 Å². The van der Waals surface area contributed by atoms with E-state index in [0.717, 1.165) is 0 Å². The summed E-state index contributed by atoms with van der Waals surface area (Å²) in [6.07, 6.45) is 4.71. The lowest BCUT2D eigenvalue weighted by Crippen LogP contribution is -2.40. The van der Waals surface area contributed by atoms with Crippen LogP contribution in [0.15, 0.2) is 28.3 Å². The van der Waals surface area contributed by atoms with E-state index in [-0.39, 0.29) is 17.7 Å². The normalized spacial score (nSPS) is 21.6. The van der Waals surface area contributed by atoms with Crippen LogP contribution < -0.4 is 5.32 Å². The van der Waals surface area contributed by atoms with Gasteiger partial charge < -0.3 is 15.0 Å². The monoisotopic (exact) mass is 299 g/mol. The number of hydrogen-bond acceptors (Lipinski definition) is 5. The summed E-state index contributed by atoms with van der Waals surface area (Å²) in [5, 5.41) is 2.79. The lowest BCUT2D eigenvalue weighted by molar-refractivity contribution is -0.118. The standard InChI is InChI=1S/C12H17N3O4S/c1-9(8-19-2)13-12(16)10-3-4-11-14-20(17,18)6-5-15(11)7-10/h3-4,7,9H,5-6,8H2,1-2H3,(H,13,16). The van der Waals surface area contributed by atoms with E-state index in [2.05, 4.69) is 9.71 Å². The van der Waals surface area contributed by atoms with Crippen LogP contribution in [0.4, 0.5) is 0 Å². The fourth-order valence-corrected chi connectivity index (χ4v) is 2.90. The van der Waals surface area contributed by atoms with Crippen LogP contribution in [-0.2, 0) is 19.6 Å². The molecule has 2 heterocycles. The van der Waals surface area contributed by atoms with Crippen molar-refractivity contribution in [3.63, 3.8) is 0 Å². The molecule has 0 aromatic rings. The van der Waals surface area contributed by atoms with E-state index in [1.54, 1.807) is 24.3 Å². The molecule has 2 rings (SSSR count). The second kappa shape index (κ2) is 5.76. The summed E-state index contributed by atoms with van der Waals surface area (Å²) in [7, 11) is -1.80. The van der Waals surface area contributed by atoms with Gasteiger partial charge >= 0.3 is 0 Å². The zero-order valence-electron chi connectivity index (χ0n) is 11.4. The first kappa shape index (κ1) is 14.7. The number of sulfonamides is 1. The summed E-state index contributed by atoms with van der Waals surface area (Å²) in [4.78, 5) is 13.7. The minimum Gasteiger partial charge on any atom is -0.383 e. The Labute approximate surface area is 118 Å². The minimum absolute atomic E-state index is 0.0458. The van der Waals surface area contributed by atoms with E-state index in [1.165, 1.54) is 6.08 Å². The average molecular weight is 299 g/mol. The fraction of sp³-hybridized carbons (Fsp3) is 0.500. The molecule has 2 aliphatic heterocycles. The van der Waals surface area contributed by atoms with Crippen molar-refractivity contribution in [3.8, 4) is 0 Å². The molecule has 0 aliphatic carbocycles. The first-order chi connectivity index (χ1) is 9.41. The molecule has 0 saturated heterocycles. The van der Waals surface area contributed by atoms with Crippen molar-refractivity contribution in [2.75, 3.05) is 26.0 Å². The Morgan fingerprint density at radius 1 is 1.55 bits per heavy atom. The van der Waals surface area contributed by atoms with Gasteiger partial charge in [-0.2, -0.15) is 0 Å². The van der Waals surface area contributed by atoms with Crippen molar-refractivity contribution < 1.29 is 17.9 Å². The summed E-state index contributed by atoms with van der Waals surface area (Å²) in [6, 6.07) is -0.0985. The predicted molar refractivity (Wildman–Crippen MR) is 74.6 cm³/mol. The topological polar surface area (TPSA) is 88.1 Å². The third-order valence-corrected chi connectivity index (χ3v) is 4.04. The minimum atomic E-state index is -3.37. The number of ether oxygens (including phenoxy) is 1. The molecule has 0 aromatic heterocycles. The molecule has 1 N–H and O–H groups in total. The van der Waals surface area contributed by atoms with Crippen LogP contribution in [0.2, 0.25) is 0 Å². The summed E-state index contributed by atoms with van der Waals surface area (Å²) in [6.45, 7) is 2.57. The molecular weight excluding hydrogens is 282 g/mol. The van der Waals surface area contributed by atoms with Gasteiger partial charge in [0.15, 0.2) is 0 Å². The van der Waals surface area contributed by atoms with Gasteiger partial charge in [0.05, 0.1) is 17.9 Å². The Kier molecular flexibility index (Phi) is 4.24. The molecular formula is C12H17N3O4S. The quantitative estimate of drug-likeness (QED) is 0.765. The van der Waals surface area contributed by atoms with Crippen LogP contribution in [0.25, 0.3) is 0 Å². The van der Waals surface area contributed by atoms with Crippen molar-refractivity contribution in [1.82, 2.24) is 10.2 Å². The van der Waals surface area contributed by atoms with E-state index in [1.807, 2.05) is 6.92 Å². The largest absolute Gasteiger partial charge is 0.383 e. The first-order valence-corrected chi connectivity index (χ1v) is 7.81. The third-order valence-electron chi connectivity index (χ3n) is 2.88. The molecule has 1 atom stereocenters. The fourth-order valence-electron chi connectivity index (χ4n) is 1.93. The summed E-state index contributed by atoms with van der Waals surface area (Å²) >= 11 is 0. The van der Waals surface area contributed by atoms with E-state index >= 15 is 0 Å². The van der Waals surface area contributed by atoms with E-state index in [0.29, 0.717) is 24.6 Å². The molecule has 1 amide bonds. The maximum absolute atomic E-state index is 12.0. The number of amidine groups is 1. The Morgan fingerprint density at radius 3 is 3.00 bits per heavy atom. The van der Waals surface area contributed by atoms with Crippen LogP contribution in [0.5, 0.6) is 0 Å². The zero-order chi connectivity index (χ0) is 14.8. The van der Waals surface area contributed by atoms with Gasteiger partial charge in [0, 0.05) is 25.9 Å². The molecule has 0 spiro atoms. The SMILES string of the molecule is COCC(C)NC(=O)C1=CN2CCS(=O)(=O)N=C2C=C1. The molecule has 0 saturated carbocycles. The highest BCUT2D eigenvalue weighted by Crippen LogP contribution is 2.15. The Bertz CT molecular complexity index is 592. The summed E-state index contributed by atoms with van der Waals surface area (Å²) in [5.74, 6) is 0.0755. The number of carbonyl (C=O) groups is 1. The van der Waals surface area contributed by atoms with Crippen LogP contribution in [0, 0.1) is 0 Å². The van der Waals surface area contributed by atoms with Gasteiger partial charge in [-0.15, -0.1) is 4.40 Å². The van der Waals surface area contributed by atoms with Crippen LogP contribution in [0.3, 0.4) is 0 Å². The van der Waals surface area contributed by atoms with Crippen molar-refractivity contribution in [3.05, 3.63) is 23.9 Å². The van der Waals surface area contributed by atoms with Crippen molar-refractivity contribution in [1.29, 1.82) is 0 Å². The van der Waals surface area contributed by atoms with Crippen LogP contribution in [-0.4, -0.2) is 57.1 Å². The van der Waals surface area contributed by atoms with Crippen molar-refractivity contribution >= 4 is 21.8 Å². The number of rotatable bonds is 4. The summed E-state index contributed by atoms with van der Waals surface area (Å²) in [5.41, 5.74) is 0.464. The number of amides is 1. The highest BCUT2D eigenvalue weighted by molar-refractivity contribution is 7.90. The number of methoxy groups -OCH3 is 1. The first-order valence-electron chi connectivity index (χ1n) is 6.20. The molecule has 20 heavy (non-hydrogen) atoms. The Hall–Kier alpha value is -1.67. The highest BCUT2D eigenvalue weighted by Gasteiger charge is 2.25. The van der Waals surface area contributed by atoms with Crippen molar-refractivity contribution in [2.24, 2.45) is 4.40 Å². The number of nitrogens with zero attached hydrogens (tertiary/aromatic N) is 2. The number of nitrogens with one attached hydrogen (secondary N) is 1. The smallest absolute Gasteiger partial charge is 0.256 e. The number of carbonyl (C=O) groups excluding carboxylic acids is 1. The molecule has 0 radical (unpaired) electrons. The van der Waals surface area contributed by atoms with Gasteiger partial charge in [0.25, 0.3) is 15.9 Å². The molecule has 0 fully saturated rings. The molecule has 2 aliphatic rings. The zero-order valence-corrected chi connectivity index (χ0v) is 12.2. The molecule has 1 unspecified atom stereocenters.